The normalized spacial score (nSPS) is 13.9. The van der Waals surface area contributed by atoms with Crippen molar-refractivity contribution in [2.24, 2.45) is 0 Å². The van der Waals surface area contributed by atoms with Crippen molar-refractivity contribution in [3.63, 3.8) is 0 Å². The van der Waals surface area contributed by atoms with Crippen molar-refractivity contribution in [2.75, 3.05) is 11.4 Å². The van der Waals surface area contributed by atoms with Gasteiger partial charge in [-0.25, -0.2) is 0 Å². The van der Waals surface area contributed by atoms with Gasteiger partial charge in [-0.1, -0.05) is 41.4 Å². The zero-order valence-corrected chi connectivity index (χ0v) is 10.7. The second-order valence-electron chi connectivity index (χ2n) is 4.16. The molecule has 0 atom stereocenters. The first kappa shape index (κ1) is 10.9. The van der Waals surface area contributed by atoms with Crippen molar-refractivity contribution in [1.29, 1.82) is 0 Å². The van der Waals surface area contributed by atoms with Crippen LogP contribution in [0.2, 0.25) is 10.0 Å². The predicted octanol–water partition coefficient (Wildman–Crippen LogP) is 4.69. The minimum absolute atomic E-state index is 0.678. The smallest absolute Gasteiger partial charge is 0.0444 e. The summed E-state index contributed by atoms with van der Waals surface area (Å²) in [7, 11) is 0. The van der Waals surface area contributed by atoms with Gasteiger partial charge in [0.15, 0.2) is 0 Å². The van der Waals surface area contributed by atoms with E-state index >= 15 is 0 Å². The highest BCUT2D eigenvalue weighted by Crippen LogP contribution is 2.36. The number of hydrogen-bond donors (Lipinski definition) is 0. The molecule has 2 aromatic rings. The van der Waals surface area contributed by atoms with Crippen LogP contribution in [-0.4, -0.2) is 6.54 Å². The third-order valence-electron chi connectivity index (χ3n) is 3.05. The molecule has 0 amide bonds. The molecule has 3 rings (SSSR count). The fourth-order valence-corrected chi connectivity index (χ4v) is 2.82. The van der Waals surface area contributed by atoms with Gasteiger partial charge >= 0.3 is 0 Å². The fraction of sp³-hybridized carbons (Fsp3) is 0.143. The zero-order chi connectivity index (χ0) is 11.8. The Hall–Kier alpha value is -1.18. The molecule has 0 saturated heterocycles. The second-order valence-corrected chi connectivity index (χ2v) is 5.03. The molecule has 1 heterocycles. The van der Waals surface area contributed by atoms with Crippen molar-refractivity contribution in [1.82, 2.24) is 0 Å². The Morgan fingerprint density at radius 2 is 1.65 bits per heavy atom. The van der Waals surface area contributed by atoms with E-state index in [9.17, 15) is 0 Å². The number of anilines is 2. The van der Waals surface area contributed by atoms with Gasteiger partial charge in [0, 0.05) is 28.0 Å². The molecule has 3 heteroatoms. The lowest BCUT2D eigenvalue weighted by Gasteiger charge is -2.20. The molecule has 0 N–H and O–H groups in total. The third-order valence-corrected chi connectivity index (χ3v) is 3.48. The minimum Gasteiger partial charge on any atom is -0.341 e. The van der Waals surface area contributed by atoms with Crippen LogP contribution in [0.5, 0.6) is 0 Å². The number of nitrogens with zero attached hydrogens (tertiary/aromatic N) is 1. The number of rotatable bonds is 1. The molecule has 0 bridgehead atoms. The van der Waals surface area contributed by atoms with E-state index in [0.717, 1.165) is 18.7 Å². The Balaban J connectivity index is 2.06. The largest absolute Gasteiger partial charge is 0.341 e. The van der Waals surface area contributed by atoms with Gasteiger partial charge < -0.3 is 4.90 Å². The van der Waals surface area contributed by atoms with E-state index in [1.165, 1.54) is 11.3 Å². The van der Waals surface area contributed by atoms with E-state index < -0.39 is 0 Å². The molecule has 1 aliphatic rings. The maximum Gasteiger partial charge on any atom is 0.0444 e. The second kappa shape index (κ2) is 4.25. The molecule has 0 saturated carbocycles. The monoisotopic (exact) mass is 263 g/mol. The molecule has 1 nitrogen and oxygen atoms in total. The minimum atomic E-state index is 0.678. The molecule has 17 heavy (non-hydrogen) atoms. The van der Waals surface area contributed by atoms with Gasteiger partial charge in [0.25, 0.3) is 0 Å². The number of para-hydroxylation sites is 1. The summed E-state index contributed by atoms with van der Waals surface area (Å²) in [5.41, 5.74) is 3.70. The van der Waals surface area contributed by atoms with E-state index in [-0.39, 0.29) is 0 Å². The molecule has 0 spiro atoms. The lowest BCUT2D eigenvalue weighted by Crippen LogP contribution is -2.13. The Bertz CT molecular complexity index is 546. The molecule has 0 aromatic heterocycles. The maximum absolute atomic E-state index is 6.04. The molecular formula is C14H11Cl2N. The first-order chi connectivity index (χ1) is 8.24. The summed E-state index contributed by atoms with van der Waals surface area (Å²) in [4.78, 5) is 2.26. The predicted molar refractivity (Wildman–Crippen MR) is 73.6 cm³/mol. The zero-order valence-electron chi connectivity index (χ0n) is 9.16. The maximum atomic E-state index is 6.04. The third kappa shape index (κ3) is 2.01. The summed E-state index contributed by atoms with van der Waals surface area (Å²) in [6.07, 6.45) is 1.07. The van der Waals surface area contributed by atoms with Crippen LogP contribution in [0.1, 0.15) is 5.56 Å². The van der Waals surface area contributed by atoms with Gasteiger partial charge in [-0.2, -0.15) is 0 Å². The van der Waals surface area contributed by atoms with E-state index in [4.69, 9.17) is 23.2 Å². The molecule has 0 aliphatic carbocycles. The van der Waals surface area contributed by atoms with E-state index in [1.807, 2.05) is 12.1 Å². The first-order valence-corrected chi connectivity index (χ1v) is 6.31. The Kier molecular flexibility index (Phi) is 2.73. The van der Waals surface area contributed by atoms with Crippen molar-refractivity contribution >= 4 is 34.6 Å². The summed E-state index contributed by atoms with van der Waals surface area (Å²) in [5, 5.41) is 1.36. The van der Waals surface area contributed by atoms with Gasteiger partial charge in [-0.05, 0) is 36.2 Å². The molecule has 86 valence electrons. The average Bonchev–Trinajstić information content (AvgIpc) is 2.71. The van der Waals surface area contributed by atoms with Gasteiger partial charge in [0.05, 0.1) is 0 Å². The summed E-state index contributed by atoms with van der Waals surface area (Å²) in [5.74, 6) is 0. The molecule has 1 aliphatic heterocycles. The van der Waals surface area contributed by atoms with E-state index in [2.05, 4.69) is 29.2 Å². The van der Waals surface area contributed by atoms with Crippen molar-refractivity contribution in [3.8, 4) is 0 Å². The number of halogens is 2. The summed E-state index contributed by atoms with van der Waals surface area (Å²) < 4.78 is 0. The lowest BCUT2D eigenvalue weighted by atomic mass is 10.2. The SMILES string of the molecule is Clc1cc(Cl)cc(N2CCc3ccccc32)c1. The Labute approximate surface area is 111 Å². The first-order valence-electron chi connectivity index (χ1n) is 5.55. The van der Waals surface area contributed by atoms with Gasteiger partial charge in [0.2, 0.25) is 0 Å². The Morgan fingerprint density at radius 1 is 0.941 bits per heavy atom. The highest BCUT2D eigenvalue weighted by Gasteiger charge is 2.20. The standard InChI is InChI=1S/C14H11Cl2N/c15-11-7-12(16)9-13(8-11)17-6-5-10-3-1-2-4-14(10)17/h1-4,7-9H,5-6H2. The van der Waals surface area contributed by atoms with Crippen LogP contribution in [0.3, 0.4) is 0 Å². The molecule has 0 fully saturated rings. The molecule has 2 aromatic carbocycles. The molecule has 0 radical (unpaired) electrons. The number of fused-ring (bicyclic) bond motifs is 1. The van der Waals surface area contributed by atoms with E-state index in [0.29, 0.717) is 10.0 Å². The molecule has 0 unspecified atom stereocenters. The van der Waals surface area contributed by atoms with Crippen LogP contribution in [0.15, 0.2) is 42.5 Å². The summed E-state index contributed by atoms with van der Waals surface area (Å²) >= 11 is 12.1. The van der Waals surface area contributed by atoms with Crippen LogP contribution < -0.4 is 4.90 Å². The van der Waals surface area contributed by atoms with Crippen LogP contribution in [0.4, 0.5) is 11.4 Å². The quantitative estimate of drug-likeness (QED) is 0.722. The van der Waals surface area contributed by atoms with Gasteiger partial charge in [-0.15, -0.1) is 0 Å². The van der Waals surface area contributed by atoms with Crippen molar-refractivity contribution in [3.05, 3.63) is 58.1 Å². The van der Waals surface area contributed by atoms with Crippen LogP contribution in [0, 0.1) is 0 Å². The van der Waals surface area contributed by atoms with Gasteiger partial charge in [-0.3, -0.25) is 0 Å². The highest BCUT2D eigenvalue weighted by atomic mass is 35.5. The highest BCUT2D eigenvalue weighted by molar-refractivity contribution is 6.35. The average molecular weight is 264 g/mol. The van der Waals surface area contributed by atoms with Crippen molar-refractivity contribution in [2.45, 2.75) is 6.42 Å². The van der Waals surface area contributed by atoms with E-state index in [1.54, 1.807) is 6.07 Å². The topological polar surface area (TPSA) is 3.24 Å². The lowest BCUT2D eigenvalue weighted by molar-refractivity contribution is 0.998. The molecular weight excluding hydrogens is 253 g/mol. The fourth-order valence-electron chi connectivity index (χ4n) is 2.30. The van der Waals surface area contributed by atoms with Crippen LogP contribution in [0.25, 0.3) is 0 Å². The number of hydrogen-bond acceptors (Lipinski definition) is 1. The number of benzene rings is 2. The summed E-state index contributed by atoms with van der Waals surface area (Å²) in [6, 6.07) is 14.1. The van der Waals surface area contributed by atoms with Gasteiger partial charge in [0.1, 0.15) is 0 Å². The van der Waals surface area contributed by atoms with Crippen LogP contribution >= 0.6 is 23.2 Å². The summed E-state index contributed by atoms with van der Waals surface area (Å²) in [6.45, 7) is 0.982. The van der Waals surface area contributed by atoms with Crippen LogP contribution in [-0.2, 0) is 6.42 Å². The van der Waals surface area contributed by atoms with Crippen molar-refractivity contribution < 1.29 is 0 Å². The Morgan fingerprint density at radius 3 is 2.41 bits per heavy atom.